The molecule has 2 aromatic carbocycles. The Bertz CT molecular complexity index is 1770. The summed E-state index contributed by atoms with van der Waals surface area (Å²) in [6.07, 6.45) is 0. The van der Waals surface area contributed by atoms with E-state index in [0.717, 1.165) is 0 Å². The topological polar surface area (TPSA) is 233 Å². The van der Waals surface area contributed by atoms with E-state index in [1.807, 2.05) is 27.7 Å². The largest absolute Gasteiger partial charge is 0.355 e. The Morgan fingerprint density at radius 1 is 0.607 bits per heavy atom. The number of hydrogen-bond donors (Lipinski definition) is 8. The molecule has 2 aromatic rings. The normalized spacial score (nSPS) is 22.8. The molecule has 0 spiro atoms. The fourth-order valence-electron chi connectivity index (χ4n) is 6.41. The van der Waals surface area contributed by atoms with Gasteiger partial charge < -0.3 is 21.3 Å². The van der Waals surface area contributed by atoms with Crippen molar-refractivity contribution in [1.82, 2.24) is 41.3 Å². The summed E-state index contributed by atoms with van der Waals surface area (Å²) in [4.78, 5) is 53.2. The number of likely N-dealkylation sites (N-methyl/N-ethyl adjacent to an activating group) is 2. The molecule has 4 amide bonds. The Hall–Kier alpha value is -3.24. The van der Waals surface area contributed by atoms with Gasteiger partial charge in [0, 0.05) is 35.7 Å². The molecule has 2 aliphatic heterocycles. The van der Waals surface area contributed by atoms with Gasteiger partial charge in [-0.05, 0) is 52.7 Å². The maximum absolute atomic E-state index is 13.5. The lowest BCUT2D eigenvalue weighted by atomic mass is 10.0. The molecule has 8 N–H and O–H groups in total. The van der Waals surface area contributed by atoms with Crippen LogP contribution < -0.4 is 41.3 Å². The van der Waals surface area contributed by atoms with Gasteiger partial charge in [-0.1, -0.05) is 60.7 Å². The highest BCUT2D eigenvalue weighted by molar-refractivity contribution is 8.02. The molecular weight excluding hydrogens is 801 g/mol. The summed E-state index contributed by atoms with van der Waals surface area (Å²) in [6.45, 7) is 11.4. The minimum Gasteiger partial charge on any atom is -0.355 e. The van der Waals surface area contributed by atoms with Gasteiger partial charge in [-0.25, -0.2) is 16.8 Å². The Morgan fingerprint density at radius 3 is 1.27 bits per heavy atom. The van der Waals surface area contributed by atoms with E-state index in [2.05, 4.69) is 41.3 Å². The molecule has 0 radical (unpaired) electrons. The van der Waals surface area contributed by atoms with Crippen LogP contribution in [0.2, 0.25) is 0 Å². The van der Waals surface area contributed by atoms with Crippen LogP contribution in [0.4, 0.5) is 0 Å². The molecule has 2 aliphatic rings. The molecule has 0 saturated carbocycles. The molecule has 0 aliphatic carbocycles. The van der Waals surface area contributed by atoms with Crippen molar-refractivity contribution in [2.24, 2.45) is 0 Å². The Kier molecular flexibility index (Phi) is 15.8. The Morgan fingerprint density at radius 2 is 0.946 bits per heavy atom. The first-order valence-corrected chi connectivity index (χ1v) is 23.4. The number of rotatable bonds is 19. The van der Waals surface area contributed by atoms with Crippen LogP contribution in [0.5, 0.6) is 0 Å². The SMILES string of the molecule is CCNC(=O)[C@@H](NS(=O)(=O)Cc1ccccc1)[C@@H]1N[C@@H](C(=O)NCCNC(=O)[C@@H]2N[C@@H]([C@H](NS(=O)(=O)Cc3ccccc3)C(=O)NCC)SC2(C)C)C(C)(C)S1. The van der Waals surface area contributed by atoms with Crippen molar-refractivity contribution < 1.29 is 36.0 Å². The fraction of sp³-hybridized carbons (Fsp3) is 0.556. The van der Waals surface area contributed by atoms with Crippen molar-refractivity contribution >= 4 is 67.2 Å². The minimum atomic E-state index is -3.95. The number of sulfonamides is 2. The molecular formula is C36H54N8O8S4. The average Bonchev–Trinajstić information content (AvgIpc) is 3.62. The lowest BCUT2D eigenvalue weighted by Gasteiger charge is -2.25. The van der Waals surface area contributed by atoms with E-state index in [1.165, 1.54) is 23.5 Å². The first-order chi connectivity index (χ1) is 26.3. The van der Waals surface area contributed by atoms with Crippen LogP contribution in [0.3, 0.4) is 0 Å². The molecule has 0 unspecified atom stereocenters. The van der Waals surface area contributed by atoms with Crippen molar-refractivity contribution in [3.05, 3.63) is 71.8 Å². The maximum Gasteiger partial charge on any atom is 0.240 e. The van der Waals surface area contributed by atoms with Crippen LogP contribution in [0.25, 0.3) is 0 Å². The summed E-state index contributed by atoms with van der Waals surface area (Å²) in [5.41, 5.74) is 1.12. The zero-order valence-electron chi connectivity index (χ0n) is 32.4. The van der Waals surface area contributed by atoms with Crippen molar-refractivity contribution in [3.63, 3.8) is 0 Å². The highest BCUT2D eigenvalue weighted by Gasteiger charge is 2.51. The predicted octanol–water partition coefficient (Wildman–Crippen LogP) is 0.0868. The molecule has 2 heterocycles. The third-order valence-corrected chi connectivity index (χ3v) is 14.7. The van der Waals surface area contributed by atoms with E-state index in [4.69, 9.17) is 0 Å². The number of thioether (sulfide) groups is 2. The summed E-state index contributed by atoms with van der Waals surface area (Å²) >= 11 is 2.55. The second kappa shape index (κ2) is 19.5. The van der Waals surface area contributed by atoms with Gasteiger partial charge in [-0.3, -0.25) is 29.8 Å². The number of nitrogens with one attached hydrogen (secondary N) is 8. The standard InChI is InChI=1S/C36H54N8O8S4/c1-7-37-29(45)25(43-55(49,50)21-23-15-11-9-12-16-23)33-41-27(35(3,4)53-33)31(47)39-19-20-40-32(48)28-36(5,6)54-34(42-28)26(30(46)38-8-2)44-56(51,52)22-24-17-13-10-14-18-24/h9-18,25-28,33-34,41-44H,7-8,19-22H2,1-6H3,(H,37,45)(H,38,46)(H,39,47)(H,40,48)/t25-,26-,27+,28+,33-,34-/m1/s1. The Balaban J connectivity index is 1.34. The van der Waals surface area contributed by atoms with Gasteiger partial charge in [0.25, 0.3) is 0 Å². The Labute approximate surface area is 338 Å². The van der Waals surface area contributed by atoms with Gasteiger partial charge in [-0.15, -0.1) is 23.5 Å². The zero-order valence-corrected chi connectivity index (χ0v) is 35.6. The first kappa shape index (κ1) is 45.5. The van der Waals surface area contributed by atoms with E-state index in [9.17, 15) is 36.0 Å². The molecule has 56 heavy (non-hydrogen) atoms. The fourth-order valence-corrected chi connectivity index (χ4v) is 12.3. The molecule has 16 nitrogen and oxygen atoms in total. The smallest absolute Gasteiger partial charge is 0.240 e. The number of amides is 4. The van der Waals surface area contributed by atoms with Gasteiger partial charge in [0.2, 0.25) is 43.7 Å². The molecule has 4 rings (SSSR count). The van der Waals surface area contributed by atoms with Gasteiger partial charge in [0.1, 0.15) is 24.2 Å². The van der Waals surface area contributed by atoms with Gasteiger partial charge >= 0.3 is 0 Å². The van der Waals surface area contributed by atoms with Crippen LogP contribution in [0.1, 0.15) is 52.7 Å². The molecule has 2 fully saturated rings. The average molecular weight is 855 g/mol. The van der Waals surface area contributed by atoms with Crippen molar-refractivity contribution in [2.45, 2.75) is 97.5 Å². The molecule has 6 atom stereocenters. The number of hydrogen-bond acceptors (Lipinski definition) is 12. The van der Waals surface area contributed by atoms with E-state index in [0.29, 0.717) is 11.1 Å². The summed E-state index contributed by atoms with van der Waals surface area (Å²) < 4.78 is 56.2. The monoisotopic (exact) mass is 854 g/mol. The summed E-state index contributed by atoms with van der Waals surface area (Å²) in [5, 5.41) is 15.8. The first-order valence-electron chi connectivity index (χ1n) is 18.3. The predicted molar refractivity (Wildman–Crippen MR) is 220 cm³/mol. The van der Waals surface area contributed by atoms with Crippen LogP contribution in [-0.4, -0.2) is 111 Å². The van der Waals surface area contributed by atoms with E-state index in [-0.39, 0.29) is 37.7 Å². The zero-order chi connectivity index (χ0) is 41.3. The summed E-state index contributed by atoms with van der Waals surface area (Å²) in [6, 6.07) is 13.2. The quantitative estimate of drug-likeness (QED) is 0.0880. The summed E-state index contributed by atoms with van der Waals surface area (Å²) in [7, 11) is -7.90. The van der Waals surface area contributed by atoms with Crippen molar-refractivity contribution in [1.29, 1.82) is 0 Å². The van der Waals surface area contributed by atoms with Gasteiger partial charge in [0.05, 0.1) is 22.3 Å². The number of benzene rings is 2. The van der Waals surface area contributed by atoms with Crippen LogP contribution in [0, 0.1) is 0 Å². The second-order valence-corrected chi connectivity index (χ2v) is 21.6. The molecule has 20 heteroatoms. The molecule has 310 valence electrons. The van der Waals surface area contributed by atoms with Gasteiger partial charge in [-0.2, -0.15) is 9.44 Å². The van der Waals surface area contributed by atoms with Crippen molar-refractivity contribution in [3.8, 4) is 0 Å². The maximum atomic E-state index is 13.5. The third kappa shape index (κ3) is 12.6. The summed E-state index contributed by atoms with van der Waals surface area (Å²) in [5.74, 6) is -2.50. The highest BCUT2D eigenvalue weighted by atomic mass is 32.2. The molecule has 2 saturated heterocycles. The molecule has 0 aromatic heterocycles. The van der Waals surface area contributed by atoms with Crippen LogP contribution in [-0.2, 0) is 50.7 Å². The van der Waals surface area contributed by atoms with Crippen LogP contribution in [0.15, 0.2) is 60.7 Å². The number of carbonyl (C=O) groups excluding carboxylic acids is 4. The third-order valence-electron chi connectivity index (χ3n) is 9.05. The van der Waals surface area contributed by atoms with Crippen LogP contribution >= 0.6 is 23.5 Å². The lowest BCUT2D eigenvalue weighted by Crippen LogP contribution is -2.58. The van der Waals surface area contributed by atoms with E-state index < -0.39 is 88.1 Å². The minimum absolute atomic E-state index is 0.0577. The number of carbonyl (C=O) groups is 4. The highest BCUT2D eigenvalue weighted by Crippen LogP contribution is 2.40. The second-order valence-electron chi connectivity index (χ2n) is 14.5. The lowest BCUT2D eigenvalue weighted by molar-refractivity contribution is -0.126. The van der Waals surface area contributed by atoms with Gasteiger partial charge in [0.15, 0.2) is 0 Å². The molecule has 0 bridgehead atoms. The van der Waals surface area contributed by atoms with E-state index in [1.54, 1.807) is 74.5 Å². The van der Waals surface area contributed by atoms with E-state index >= 15 is 0 Å². The van der Waals surface area contributed by atoms with Crippen molar-refractivity contribution in [2.75, 3.05) is 26.2 Å².